The molecule has 1 aliphatic heterocycles. The number of benzene rings is 1. The van der Waals surface area contributed by atoms with E-state index in [1.165, 1.54) is 24.0 Å². The van der Waals surface area contributed by atoms with E-state index in [4.69, 9.17) is 4.74 Å². The predicted octanol–water partition coefficient (Wildman–Crippen LogP) is -0.0421. The van der Waals surface area contributed by atoms with Crippen LogP contribution in [0.3, 0.4) is 0 Å². The summed E-state index contributed by atoms with van der Waals surface area (Å²) >= 11 is 0. The van der Waals surface area contributed by atoms with Crippen molar-refractivity contribution in [1.29, 1.82) is 0 Å². The van der Waals surface area contributed by atoms with Crippen molar-refractivity contribution in [1.82, 2.24) is 4.90 Å². The number of hydrogen-bond donors (Lipinski definition) is 1. The molecule has 1 heterocycles. The second kappa shape index (κ2) is 8.62. The number of ether oxygens (including phenoxy) is 1. The van der Waals surface area contributed by atoms with Gasteiger partial charge in [-0.15, -0.1) is 0 Å². The summed E-state index contributed by atoms with van der Waals surface area (Å²) in [6, 6.07) is 6.20. The molecule has 0 radical (unpaired) electrons. The largest absolute Gasteiger partial charge is 1.00 e. The maximum atomic E-state index is 10.0. The average Bonchev–Trinajstić information content (AvgIpc) is 2.89. The van der Waals surface area contributed by atoms with Gasteiger partial charge in [-0.3, -0.25) is 0 Å². The number of nitrogens with zero attached hydrogens (tertiary/aromatic N) is 1. The van der Waals surface area contributed by atoms with Gasteiger partial charge in [0.15, 0.2) is 0 Å². The SMILES string of the molecule is Cc1cc(OCC(O)CN2CCCC2)ccc1C(C)C.[Cl-]. The smallest absolute Gasteiger partial charge is 0.119 e. The molecule has 1 aromatic rings. The lowest BCUT2D eigenvalue weighted by Gasteiger charge is -2.20. The first-order valence-electron chi connectivity index (χ1n) is 7.70. The Morgan fingerprint density at radius 3 is 2.48 bits per heavy atom. The van der Waals surface area contributed by atoms with Crippen LogP contribution in [0.5, 0.6) is 5.75 Å². The van der Waals surface area contributed by atoms with Gasteiger partial charge < -0.3 is 27.2 Å². The van der Waals surface area contributed by atoms with Crippen LogP contribution in [0.4, 0.5) is 0 Å². The molecule has 0 spiro atoms. The summed E-state index contributed by atoms with van der Waals surface area (Å²) in [5.41, 5.74) is 2.61. The average molecular weight is 313 g/mol. The highest BCUT2D eigenvalue weighted by atomic mass is 35.5. The van der Waals surface area contributed by atoms with Crippen molar-refractivity contribution in [2.45, 2.75) is 45.6 Å². The molecule has 0 aliphatic carbocycles. The van der Waals surface area contributed by atoms with Crippen LogP contribution in [0, 0.1) is 6.92 Å². The van der Waals surface area contributed by atoms with Crippen LogP contribution in [-0.2, 0) is 0 Å². The topological polar surface area (TPSA) is 32.7 Å². The summed E-state index contributed by atoms with van der Waals surface area (Å²) < 4.78 is 5.72. The summed E-state index contributed by atoms with van der Waals surface area (Å²) in [7, 11) is 0. The van der Waals surface area contributed by atoms with E-state index >= 15 is 0 Å². The summed E-state index contributed by atoms with van der Waals surface area (Å²) in [5, 5.41) is 10.0. The second-order valence-corrected chi connectivity index (χ2v) is 6.15. The molecule has 0 bridgehead atoms. The quantitative estimate of drug-likeness (QED) is 0.800. The first-order valence-corrected chi connectivity index (χ1v) is 7.70. The first kappa shape index (κ1) is 18.3. The number of hydrogen-bond acceptors (Lipinski definition) is 3. The highest BCUT2D eigenvalue weighted by Gasteiger charge is 2.16. The Kier molecular flexibility index (Phi) is 7.50. The van der Waals surface area contributed by atoms with Gasteiger partial charge in [0.25, 0.3) is 0 Å². The van der Waals surface area contributed by atoms with E-state index in [2.05, 4.69) is 37.8 Å². The number of aliphatic hydroxyl groups is 1. The lowest BCUT2D eigenvalue weighted by molar-refractivity contribution is -0.00000658. The van der Waals surface area contributed by atoms with Crippen LogP contribution >= 0.6 is 0 Å². The Morgan fingerprint density at radius 1 is 1.24 bits per heavy atom. The number of aliphatic hydroxyl groups excluding tert-OH is 1. The van der Waals surface area contributed by atoms with Gasteiger partial charge in [-0.1, -0.05) is 19.9 Å². The second-order valence-electron chi connectivity index (χ2n) is 6.15. The lowest BCUT2D eigenvalue weighted by atomic mass is 9.98. The molecule has 1 atom stereocenters. The molecule has 0 amide bonds. The molecule has 1 aliphatic rings. The Hall–Kier alpha value is -0.770. The van der Waals surface area contributed by atoms with Crippen molar-refractivity contribution < 1.29 is 22.3 Å². The van der Waals surface area contributed by atoms with Crippen LogP contribution in [0.15, 0.2) is 18.2 Å². The van der Waals surface area contributed by atoms with Crippen molar-refractivity contribution in [2.24, 2.45) is 0 Å². The molecule has 1 N–H and O–H groups in total. The Balaban J connectivity index is 0.00000220. The highest BCUT2D eigenvalue weighted by molar-refractivity contribution is 5.36. The van der Waals surface area contributed by atoms with Gasteiger partial charge in [-0.2, -0.15) is 0 Å². The zero-order valence-corrected chi connectivity index (χ0v) is 14.1. The standard InChI is InChI=1S/C17H27NO2.ClH/c1-13(2)17-7-6-16(10-14(17)3)20-12-15(19)11-18-8-4-5-9-18;/h6-7,10,13,15,19H,4-5,8-9,11-12H2,1-3H3;1H/p-1. The van der Waals surface area contributed by atoms with E-state index in [0.29, 0.717) is 12.5 Å². The van der Waals surface area contributed by atoms with Gasteiger partial charge in [0.2, 0.25) is 0 Å². The zero-order valence-electron chi connectivity index (χ0n) is 13.3. The van der Waals surface area contributed by atoms with Crippen LogP contribution in [0.25, 0.3) is 0 Å². The third-order valence-corrected chi connectivity index (χ3v) is 3.97. The number of β-amino-alcohol motifs (C(OH)–C–C–N with tert-alkyl or cyclic N) is 1. The summed E-state index contributed by atoms with van der Waals surface area (Å²) in [5.74, 6) is 1.39. The van der Waals surface area contributed by atoms with Crippen molar-refractivity contribution in [3.8, 4) is 5.75 Å². The van der Waals surface area contributed by atoms with E-state index < -0.39 is 6.10 Å². The fourth-order valence-electron chi connectivity index (χ4n) is 2.89. The van der Waals surface area contributed by atoms with Gasteiger partial charge in [0.1, 0.15) is 18.5 Å². The highest BCUT2D eigenvalue weighted by Crippen LogP contribution is 2.23. The van der Waals surface area contributed by atoms with Gasteiger partial charge in [0.05, 0.1) is 0 Å². The maximum absolute atomic E-state index is 10.0. The Bertz CT molecular complexity index is 431. The lowest BCUT2D eigenvalue weighted by Crippen LogP contribution is -3.00. The van der Waals surface area contributed by atoms with Crippen LogP contribution < -0.4 is 17.1 Å². The van der Waals surface area contributed by atoms with E-state index in [1.54, 1.807) is 0 Å². The van der Waals surface area contributed by atoms with Gasteiger partial charge in [0, 0.05) is 6.54 Å². The van der Waals surface area contributed by atoms with Crippen LogP contribution in [0.2, 0.25) is 0 Å². The van der Waals surface area contributed by atoms with Crippen molar-refractivity contribution >= 4 is 0 Å². The van der Waals surface area contributed by atoms with Crippen LogP contribution in [0.1, 0.15) is 43.7 Å². The summed E-state index contributed by atoms with van der Waals surface area (Å²) in [6.07, 6.45) is 2.10. The minimum atomic E-state index is -0.404. The number of halogens is 1. The van der Waals surface area contributed by atoms with Gasteiger partial charge in [-0.25, -0.2) is 0 Å². The van der Waals surface area contributed by atoms with E-state index in [9.17, 15) is 5.11 Å². The van der Waals surface area contributed by atoms with Gasteiger partial charge >= 0.3 is 0 Å². The van der Waals surface area contributed by atoms with E-state index in [1.807, 2.05) is 6.07 Å². The predicted molar refractivity (Wildman–Crippen MR) is 82.4 cm³/mol. The molecule has 120 valence electrons. The molecule has 4 heteroatoms. The molecular weight excluding hydrogens is 286 g/mol. The monoisotopic (exact) mass is 312 g/mol. The number of aryl methyl sites for hydroxylation is 1. The van der Waals surface area contributed by atoms with E-state index in [-0.39, 0.29) is 12.4 Å². The fourth-order valence-corrected chi connectivity index (χ4v) is 2.89. The molecular formula is C17H27ClNO2-. The van der Waals surface area contributed by atoms with Crippen molar-refractivity contribution in [3.05, 3.63) is 29.3 Å². The minimum Gasteiger partial charge on any atom is -1.00 e. The zero-order chi connectivity index (χ0) is 14.5. The molecule has 0 saturated carbocycles. The number of likely N-dealkylation sites (tertiary alicyclic amines) is 1. The molecule has 1 saturated heterocycles. The maximum Gasteiger partial charge on any atom is 0.119 e. The molecule has 1 aromatic carbocycles. The molecule has 3 nitrogen and oxygen atoms in total. The van der Waals surface area contributed by atoms with Crippen LogP contribution in [-0.4, -0.2) is 42.4 Å². The normalized spacial score (nSPS) is 16.8. The Labute approximate surface area is 134 Å². The fraction of sp³-hybridized carbons (Fsp3) is 0.647. The third kappa shape index (κ3) is 5.50. The summed E-state index contributed by atoms with van der Waals surface area (Å²) in [4.78, 5) is 2.31. The first-order chi connectivity index (χ1) is 9.56. The molecule has 1 unspecified atom stereocenters. The molecule has 21 heavy (non-hydrogen) atoms. The molecule has 1 fully saturated rings. The van der Waals surface area contributed by atoms with Crippen molar-refractivity contribution in [3.63, 3.8) is 0 Å². The third-order valence-electron chi connectivity index (χ3n) is 3.97. The molecule has 2 rings (SSSR count). The van der Waals surface area contributed by atoms with Gasteiger partial charge in [-0.05, 0) is 62.0 Å². The minimum absolute atomic E-state index is 0. The van der Waals surface area contributed by atoms with Crippen molar-refractivity contribution in [2.75, 3.05) is 26.2 Å². The Morgan fingerprint density at radius 2 is 1.90 bits per heavy atom. The van der Waals surface area contributed by atoms with E-state index in [0.717, 1.165) is 25.4 Å². The molecule has 0 aromatic heterocycles. The summed E-state index contributed by atoms with van der Waals surface area (Å²) in [6.45, 7) is 9.83. The number of rotatable bonds is 6.